The van der Waals surface area contributed by atoms with Gasteiger partial charge in [-0.3, -0.25) is 4.79 Å². The van der Waals surface area contributed by atoms with Gasteiger partial charge in [0.1, 0.15) is 5.75 Å². The number of alkyl halides is 3. The van der Waals surface area contributed by atoms with Crippen LogP contribution >= 0.6 is 0 Å². The van der Waals surface area contributed by atoms with E-state index >= 15 is 0 Å². The lowest BCUT2D eigenvalue weighted by atomic mass is 10.1. The third-order valence-corrected chi connectivity index (χ3v) is 6.49. The molecule has 10 heteroatoms. The Morgan fingerprint density at radius 2 is 1.57 bits per heavy atom. The minimum Gasteiger partial charge on any atom is -0.406 e. The summed E-state index contributed by atoms with van der Waals surface area (Å²) in [6.07, 6.45) is -4.77. The van der Waals surface area contributed by atoms with Gasteiger partial charge in [-0.1, -0.05) is 26.0 Å². The number of halogens is 3. The van der Waals surface area contributed by atoms with Gasteiger partial charge < -0.3 is 10.1 Å². The van der Waals surface area contributed by atoms with Crippen molar-refractivity contribution >= 4 is 15.9 Å². The van der Waals surface area contributed by atoms with Crippen molar-refractivity contribution in [3.63, 3.8) is 0 Å². The van der Waals surface area contributed by atoms with E-state index in [0.717, 1.165) is 0 Å². The fraction of sp³-hybridized carbons (Fsp3) is 0.350. The second-order valence-corrected chi connectivity index (χ2v) is 8.36. The van der Waals surface area contributed by atoms with Crippen molar-refractivity contribution in [1.82, 2.24) is 9.62 Å². The summed E-state index contributed by atoms with van der Waals surface area (Å²) in [6, 6.07) is 10.3. The lowest BCUT2D eigenvalue weighted by molar-refractivity contribution is -0.274. The molecule has 1 atom stereocenters. The molecule has 0 saturated heterocycles. The van der Waals surface area contributed by atoms with Gasteiger partial charge in [-0.2, -0.15) is 4.31 Å². The van der Waals surface area contributed by atoms with Crippen LogP contribution in [0.2, 0.25) is 0 Å². The largest absolute Gasteiger partial charge is 0.573 e. The van der Waals surface area contributed by atoms with E-state index in [9.17, 15) is 26.4 Å². The van der Waals surface area contributed by atoms with E-state index in [1.54, 1.807) is 20.8 Å². The number of nitrogens with one attached hydrogen (secondary N) is 1. The Morgan fingerprint density at radius 1 is 1.03 bits per heavy atom. The topological polar surface area (TPSA) is 75.7 Å². The molecule has 0 spiro atoms. The summed E-state index contributed by atoms with van der Waals surface area (Å²) >= 11 is 0. The number of hydrogen-bond acceptors (Lipinski definition) is 4. The second kappa shape index (κ2) is 9.48. The van der Waals surface area contributed by atoms with Crippen LogP contribution in [0.3, 0.4) is 0 Å². The fourth-order valence-electron chi connectivity index (χ4n) is 2.81. The van der Waals surface area contributed by atoms with E-state index in [0.29, 0.717) is 18.7 Å². The monoisotopic (exact) mass is 444 g/mol. The van der Waals surface area contributed by atoms with Crippen LogP contribution in [0.4, 0.5) is 13.2 Å². The van der Waals surface area contributed by atoms with Gasteiger partial charge >= 0.3 is 6.36 Å². The van der Waals surface area contributed by atoms with E-state index in [2.05, 4.69) is 10.1 Å². The summed E-state index contributed by atoms with van der Waals surface area (Å²) in [5, 5.41) is 2.72. The van der Waals surface area contributed by atoms with Gasteiger partial charge in [0.2, 0.25) is 10.0 Å². The van der Waals surface area contributed by atoms with Gasteiger partial charge in [-0.25, -0.2) is 8.42 Å². The number of carbonyl (C=O) groups excluding carboxylic acids is 1. The van der Waals surface area contributed by atoms with E-state index in [4.69, 9.17) is 0 Å². The number of benzene rings is 2. The minimum atomic E-state index is -4.77. The molecule has 0 aliphatic carbocycles. The third kappa shape index (κ3) is 5.96. The first-order valence-electron chi connectivity index (χ1n) is 9.24. The molecule has 30 heavy (non-hydrogen) atoms. The maximum absolute atomic E-state index is 12.5. The molecule has 0 radical (unpaired) electrons. The smallest absolute Gasteiger partial charge is 0.406 e. The van der Waals surface area contributed by atoms with Gasteiger partial charge in [0, 0.05) is 18.7 Å². The van der Waals surface area contributed by atoms with Crippen molar-refractivity contribution in [2.75, 3.05) is 13.1 Å². The summed E-state index contributed by atoms with van der Waals surface area (Å²) in [4.78, 5) is 12.5. The van der Waals surface area contributed by atoms with Crippen molar-refractivity contribution in [3.05, 3.63) is 59.7 Å². The standard InChI is InChI=1S/C20H23F3N2O4S/c1-4-25(5-2)30(27,28)18-12-8-16(9-13-18)19(26)24-14(3)15-6-10-17(11-7-15)29-20(21,22)23/h6-14H,4-5H2,1-3H3,(H,24,26). The summed E-state index contributed by atoms with van der Waals surface area (Å²) in [7, 11) is -3.62. The number of amides is 1. The lowest BCUT2D eigenvalue weighted by Crippen LogP contribution is -2.30. The molecule has 2 aromatic rings. The average Bonchev–Trinajstić information content (AvgIpc) is 2.68. The normalized spacial score (nSPS) is 13.2. The molecule has 0 bridgehead atoms. The Bertz CT molecular complexity index is 955. The van der Waals surface area contributed by atoms with Crippen molar-refractivity contribution in [2.45, 2.75) is 38.1 Å². The number of sulfonamides is 1. The van der Waals surface area contributed by atoms with Crippen LogP contribution in [0.15, 0.2) is 53.4 Å². The Kier molecular flexibility index (Phi) is 7.49. The Morgan fingerprint density at radius 3 is 2.03 bits per heavy atom. The SMILES string of the molecule is CCN(CC)S(=O)(=O)c1ccc(C(=O)NC(C)c2ccc(OC(F)(F)F)cc2)cc1. The third-order valence-electron chi connectivity index (χ3n) is 4.42. The summed E-state index contributed by atoms with van der Waals surface area (Å²) in [5.41, 5.74) is 0.843. The fourth-order valence-corrected chi connectivity index (χ4v) is 4.27. The van der Waals surface area contributed by atoms with Crippen molar-refractivity contribution in [3.8, 4) is 5.75 Å². The first-order chi connectivity index (χ1) is 14.0. The Labute approximate surface area is 173 Å². The van der Waals surface area contributed by atoms with Crippen LogP contribution in [0.1, 0.15) is 42.7 Å². The maximum Gasteiger partial charge on any atom is 0.573 e. The van der Waals surface area contributed by atoms with Gasteiger partial charge in [-0.15, -0.1) is 13.2 Å². The van der Waals surface area contributed by atoms with Crippen LogP contribution in [-0.4, -0.2) is 38.1 Å². The van der Waals surface area contributed by atoms with Crippen LogP contribution < -0.4 is 10.1 Å². The number of carbonyl (C=O) groups is 1. The van der Waals surface area contributed by atoms with Crippen molar-refractivity contribution in [2.24, 2.45) is 0 Å². The molecular formula is C20H23F3N2O4S. The first-order valence-corrected chi connectivity index (χ1v) is 10.7. The van der Waals surface area contributed by atoms with Gasteiger partial charge in [0.05, 0.1) is 10.9 Å². The molecule has 0 aromatic heterocycles. The highest BCUT2D eigenvalue weighted by Gasteiger charge is 2.31. The minimum absolute atomic E-state index is 0.0936. The van der Waals surface area contributed by atoms with Gasteiger partial charge in [0.25, 0.3) is 5.91 Å². The van der Waals surface area contributed by atoms with Gasteiger partial charge in [-0.05, 0) is 48.9 Å². The van der Waals surface area contributed by atoms with Crippen LogP contribution in [0.5, 0.6) is 5.75 Å². The van der Waals surface area contributed by atoms with E-state index in [-0.39, 0.29) is 16.2 Å². The van der Waals surface area contributed by atoms with Crippen molar-refractivity contribution in [1.29, 1.82) is 0 Å². The molecule has 0 aliphatic rings. The molecule has 1 amide bonds. The molecule has 1 N–H and O–H groups in total. The highest BCUT2D eigenvalue weighted by molar-refractivity contribution is 7.89. The number of nitrogens with zero attached hydrogens (tertiary/aromatic N) is 1. The lowest BCUT2D eigenvalue weighted by Gasteiger charge is -2.19. The van der Waals surface area contributed by atoms with Crippen molar-refractivity contribution < 1.29 is 31.1 Å². The predicted molar refractivity (Wildman–Crippen MR) is 106 cm³/mol. The number of rotatable bonds is 8. The zero-order valence-electron chi connectivity index (χ0n) is 16.7. The molecule has 0 heterocycles. The molecule has 164 valence electrons. The molecule has 0 saturated carbocycles. The highest BCUT2D eigenvalue weighted by atomic mass is 32.2. The van der Waals surface area contributed by atoms with E-state index in [1.807, 2.05) is 0 Å². The average molecular weight is 444 g/mol. The van der Waals surface area contributed by atoms with Crippen LogP contribution in [0.25, 0.3) is 0 Å². The molecule has 2 rings (SSSR count). The molecule has 0 fully saturated rings. The van der Waals surface area contributed by atoms with E-state index < -0.39 is 28.3 Å². The Hall–Kier alpha value is -2.59. The van der Waals surface area contributed by atoms with Crippen LogP contribution in [-0.2, 0) is 10.0 Å². The quantitative estimate of drug-likeness (QED) is 0.665. The molecule has 6 nitrogen and oxygen atoms in total. The first kappa shape index (κ1) is 23.7. The second-order valence-electron chi connectivity index (χ2n) is 6.43. The van der Waals surface area contributed by atoms with Gasteiger partial charge in [0.15, 0.2) is 0 Å². The zero-order valence-corrected chi connectivity index (χ0v) is 17.5. The number of ether oxygens (including phenoxy) is 1. The molecular weight excluding hydrogens is 421 g/mol. The summed E-state index contributed by atoms with van der Waals surface area (Å²) in [5.74, 6) is -0.792. The number of hydrogen-bond donors (Lipinski definition) is 1. The highest BCUT2D eigenvalue weighted by Crippen LogP contribution is 2.24. The molecule has 1 unspecified atom stereocenters. The van der Waals surface area contributed by atoms with E-state index in [1.165, 1.54) is 52.8 Å². The molecule has 0 aliphatic heterocycles. The molecule has 2 aromatic carbocycles. The predicted octanol–water partition coefficient (Wildman–Crippen LogP) is 4.11. The summed E-state index contributed by atoms with van der Waals surface area (Å²) in [6.45, 7) is 5.84. The maximum atomic E-state index is 12.5. The summed E-state index contributed by atoms with van der Waals surface area (Å²) < 4.78 is 66.8. The zero-order chi connectivity index (χ0) is 22.5. The Balaban J connectivity index is 2.07. The van der Waals surface area contributed by atoms with Crippen LogP contribution in [0, 0.1) is 0 Å².